The Hall–Kier alpha value is -2.18. The van der Waals surface area contributed by atoms with Crippen LogP contribution in [0.1, 0.15) is 34.0 Å². The summed E-state index contributed by atoms with van der Waals surface area (Å²) < 4.78 is 2.06. The molecule has 4 heterocycles. The second-order valence-electron chi connectivity index (χ2n) is 6.45. The van der Waals surface area contributed by atoms with Crippen molar-refractivity contribution in [3.05, 3.63) is 58.4 Å². The summed E-state index contributed by atoms with van der Waals surface area (Å²) in [6.45, 7) is 1.66. The van der Waals surface area contributed by atoms with Gasteiger partial charge in [0.05, 0.1) is 10.4 Å². The van der Waals surface area contributed by atoms with E-state index in [9.17, 15) is 4.79 Å². The van der Waals surface area contributed by atoms with E-state index in [1.807, 2.05) is 22.5 Å². The second-order valence-corrected chi connectivity index (χ2v) is 8.35. The Bertz CT molecular complexity index is 1040. The van der Waals surface area contributed by atoms with Gasteiger partial charge >= 0.3 is 0 Å². The maximum Gasteiger partial charge on any atom is 0.264 e. The van der Waals surface area contributed by atoms with E-state index >= 15 is 0 Å². The zero-order valence-electron chi connectivity index (χ0n) is 13.6. The van der Waals surface area contributed by atoms with Gasteiger partial charge in [0.2, 0.25) is 0 Å². The van der Waals surface area contributed by atoms with E-state index in [1.54, 1.807) is 11.3 Å². The van der Waals surface area contributed by atoms with E-state index in [4.69, 9.17) is 0 Å². The van der Waals surface area contributed by atoms with Gasteiger partial charge in [0.1, 0.15) is 4.83 Å². The van der Waals surface area contributed by atoms with Gasteiger partial charge in [-0.05, 0) is 30.4 Å². The fourth-order valence-corrected chi connectivity index (χ4v) is 5.42. The van der Waals surface area contributed by atoms with Crippen LogP contribution in [0.4, 0.5) is 0 Å². The van der Waals surface area contributed by atoms with Crippen LogP contribution in [0, 0.1) is 0 Å². The fraction of sp³-hybridized carbons (Fsp3) is 0.263. The lowest BCUT2D eigenvalue weighted by Gasteiger charge is -2.32. The highest BCUT2D eigenvalue weighted by Gasteiger charge is 2.26. The summed E-state index contributed by atoms with van der Waals surface area (Å²) in [4.78, 5) is 22.2. The largest absolute Gasteiger partial charge is 0.338 e. The topological polar surface area (TPSA) is 37.6 Å². The number of likely N-dealkylation sites (tertiary alicyclic amines) is 1. The van der Waals surface area contributed by atoms with Gasteiger partial charge in [-0.25, -0.2) is 4.98 Å². The minimum atomic E-state index is 0.151. The highest BCUT2D eigenvalue weighted by atomic mass is 32.1. The van der Waals surface area contributed by atoms with Crippen molar-refractivity contribution >= 4 is 43.9 Å². The number of amides is 1. The maximum atomic E-state index is 12.9. The van der Waals surface area contributed by atoms with Crippen LogP contribution in [0.3, 0.4) is 0 Å². The summed E-state index contributed by atoms with van der Waals surface area (Å²) in [5.74, 6) is 0.719. The number of carbonyl (C=O) groups is 1. The first kappa shape index (κ1) is 15.1. The monoisotopic (exact) mass is 367 g/mol. The van der Waals surface area contributed by atoms with Gasteiger partial charge in [-0.1, -0.05) is 30.3 Å². The van der Waals surface area contributed by atoms with Crippen molar-refractivity contribution in [3.8, 4) is 0 Å². The molecule has 126 valence electrons. The Morgan fingerprint density at radius 1 is 1.16 bits per heavy atom. The number of benzene rings is 1. The molecule has 1 fully saturated rings. The van der Waals surface area contributed by atoms with Crippen molar-refractivity contribution in [2.45, 2.75) is 18.8 Å². The zero-order valence-corrected chi connectivity index (χ0v) is 15.2. The average Bonchev–Trinajstić information content (AvgIpc) is 3.34. The molecule has 4 nitrogen and oxygen atoms in total. The normalized spacial score (nSPS) is 16.1. The van der Waals surface area contributed by atoms with Crippen molar-refractivity contribution in [2.75, 3.05) is 13.1 Å². The van der Waals surface area contributed by atoms with E-state index in [1.165, 1.54) is 16.9 Å². The number of rotatable bonds is 2. The Balaban J connectivity index is 1.34. The molecule has 6 heteroatoms. The third-order valence-electron chi connectivity index (χ3n) is 5.00. The lowest BCUT2D eigenvalue weighted by molar-refractivity contribution is 0.0718. The molecule has 1 aliphatic rings. The van der Waals surface area contributed by atoms with Gasteiger partial charge in [0.15, 0.2) is 4.96 Å². The highest BCUT2D eigenvalue weighted by molar-refractivity contribution is 7.21. The molecule has 0 atom stereocenters. The molecular formula is C19H17N3OS2. The quantitative estimate of drug-likeness (QED) is 0.518. The molecule has 1 aliphatic heterocycles. The standard InChI is InChI=1S/C19H17N3OS2/c23-18(16-12-15-17(25-16)20-19-22(15)10-11-24-19)21-8-6-14(7-9-21)13-4-2-1-3-5-13/h1-5,10-12,14H,6-9H2. The number of hydrogen-bond acceptors (Lipinski definition) is 4. The van der Waals surface area contributed by atoms with Crippen LogP contribution in [0.5, 0.6) is 0 Å². The van der Waals surface area contributed by atoms with Crippen molar-refractivity contribution < 1.29 is 4.79 Å². The smallest absolute Gasteiger partial charge is 0.264 e. The lowest BCUT2D eigenvalue weighted by Crippen LogP contribution is -2.37. The number of nitrogens with zero attached hydrogens (tertiary/aromatic N) is 3. The molecule has 5 rings (SSSR count). The number of hydrogen-bond donors (Lipinski definition) is 0. The summed E-state index contributed by atoms with van der Waals surface area (Å²) in [5, 5.41) is 2.02. The van der Waals surface area contributed by atoms with Crippen LogP contribution in [-0.4, -0.2) is 33.3 Å². The highest BCUT2D eigenvalue weighted by Crippen LogP contribution is 2.32. The Morgan fingerprint density at radius 3 is 2.76 bits per heavy atom. The van der Waals surface area contributed by atoms with Gasteiger partial charge in [0.25, 0.3) is 5.91 Å². The Labute approximate surface area is 153 Å². The van der Waals surface area contributed by atoms with Crippen LogP contribution in [0.25, 0.3) is 15.3 Å². The first-order valence-electron chi connectivity index (χ1n) is 8.49. The van der Waals surface area contributed by atoms with Crippen molar-refractivity contribution in [1.29, 1.82) is 0 Å². The first-order chi connectivity index (χ1) is 12.3. The Morgan fingerprint density at radius 2 is 1.96 bits per heavy atom. The number of fused-ring (bicyclic) bond motifs is 3. The molecule has 1 amide bonds. The van der Waals surface area contributed by atoms with E-state index in [0.717, 1.165) is 46.1 Å². The summed E-state index contributed by atoms with van der Waals surface area (Å²) in [6.07, 6.45) is 4.09. The molecule has 0 N–H and O–H groups in total. The summed E-state index contributed by atoms with van der Waals surface area (Å²) in [5.41, 5.74) is 2.44. The minimum Gasteiger partial charge on any atom is -0.338 e. The number of thiophene rings is 1. The number of aromatic nitrogens is 2. The van der Waals surface area contributed by atoms with Crippen LogP contribution >= 0.6 is 22.7 Å². The summed E-state index contributed by atoms with van der Waals surface area (Å²) in [7, 11) is 0. The number of carbonyl (C=O) groups excluding carboxylic acids is 1. The van der Waals surface area contributed by atoms with Crippen LogP contribution in [0.2, 0.25) is 0 Å². The van der Waals surface area contributed by atoms with Crippen molar-refractivity contribution in [1.82, 2.24) is 14.3 Å². The Kier molecular flexibility index (Phi) is 3.60. The first-order valence-corrected chi connectivity index (χ1v) is 10.2. The number of imidazole rings is 1. The summed E-state index contributed by atoms with van der Waals surface area (Å²) in [6, 6.07) is 12.6. The predicted octanol–water partition coefficient (Wildman–Crippen LogP) is 4.63. The molecule has 25 heavy (non-hydrogen) atoms. The zero-order chi connectivity index (χ0) is 16.8. The molecule has 0 radical (unpaired) electrons. The van der Waals surface area contributed by atoms with Crippen LogP contribution < -0.4 is 0 Å². The van der Waals surface area contributed by atoms with E-state index in [2.05, 4.69) is 39.7 Å². The van der Waals surface area contributed by atoms with Crippen LogP contribution in [0.15, 0.2) is 48.0 Å². The molecule has 0 spiro atoms. The molecule has 4 aromatic rings. The second kappa shape index (κ2) is 5.97. The average molecular weight is 367 g/mol. The molecular weight excluding hydrogens is 350 g/mol. The van der Waals surface area contributed by atoms with Gasteiger partial charge in [-0.15, -0.1) is 22.7 Å². The SMILES string of the molecule is O=C(c1cc2c(nc3sccn32)s1)N1CCC(c2ccccc2)CC1. The summed E-state index contributed by atoms with van der Waals surface area (Å²) >= 11 is 3.13. The fourth-order valence-electron chi connectivity index (χ4n) is 3.65. The van der Waals surface area contributed by atoms with Crippen molar-refractivity contribution in [3.63, 3.8) is 0 Å². The number of thiazole rings is 1. The molecule has 3 aromatic heterocycles. The maximum absolute atomic E-state index is 12.9. The minimum absolute atomic E-state index is 0.151. The van der Waals surface area contributed by atoms with Gasteiger partial charge < -0.3 is 4.90 Å². The molecule has 0 bridgehead atoms. The molecule has 0 saturated carbocycles. The van der Waals surface area contributed by atoms with Gasteiger partial charge in [-0.3, -0.25) is 9.20 Å². The molecule has 0 unspecified atom stereocenters. The van der Waals surface area contributed by atoms with Gasteiger partial charge in [0, 0.05) is 24.7 Å². The lowest BCUT2D eigenvalue weighted by atomic mass is 9.89. The van der Waals surface area contributed by atoms with Gasteiger partial charge in [-0.2, -0.15) is 0 Å². The van der Waals surface area contributed by atoms with E-state index in [0.29, 0.717) is 5.92 Å². The third kappa shape index (κ3) is 2.56. The third-order valence-corrected chi connectivity index (χ3v) is 6.77. The van der Waals surface area contributed by atoms with Crippen LogP contribution in [-0.2, 0) is 0 Å². The number of piperidine rings is 1. The van der Waals surface area contributed by atoms with Crippen molar-refractivity contribution in [2.24, 2.45) is 0 Å². The van der Waals surface area contributed by atoms with E-state index < -0.39 is 0 Å². The molecule has 1 saturated heterocycles. The predicted molar refractivity (Wildman–Crippen MR) is 103 cm³/mol. The van der Waals surface area contributed by atoms with E-state index in [-0.39, 0.29) is 5.91 Å². The molecule has 1 aromatic carbocycles. The molecule has 0 aliphatic carbocycles.